The average molecular weight is 387 g/mol. The number of aromatic nitrogens is 1. The monoisotopic (exact) mass is 387 g/mol. The average Bonchev–Trinajstić information content (AvgIpc) is 2.62. The van der Waals surface area contributed by atoms with Gasteiger partial charge in [-0.15, -0.1) is 13.2 Å². The number of hydrogen-bond donors (Lipinski definition) is 2. The van der Waals surface area contributed by atoms with Gasteiger partial charge in [-0.2, -0.15) is 0 Å². The Hall–Kier alpha value is -3.55. The number of rotatable bonds is 4. The van der Waals surface area contributed by atoms with Crippen LogP contribution in [0.15, 0.2) is 60.7 Å². The van der Waals surface area contributed by atoms with E-state index in [1.165, 1.54) is 30.3 Å². The second kappa shape index (κ2) is 7.59. The quantitative estimate of drug-likeness (QED) is 0.675. The summed E-state index contributed by atoms with van der Waals surface area (Å²) in [5.74, 6) is -0.624. The highest BCUT2D eigenvalue weighted by molar-refractivity contribution is 6.04. The Balaban J connectivity index is 1.85. The number of anilines is 2. The van der Waals surface area contributed by atoms with E-state index in [2.05, 4.69) is 15.0 Å². The predicted molar refractivity (Wildman–Crippen MR) is 99.9 cm³/mol. The lowest BCUT2D eigenvalue weighted by Crippen LogP contribution is -2.17. The minimum Gasteiger partial charge on any atom is -0.405 e. The molecule has 2 aromatic carbocycles. The van der Waals surface area contributed by atoms with Gasteiger partial charge in [-0.3, -0.25) is 4.79 Å². The maximum Gasteiger partial charge on any atom is 0.573 e. The number of alkyl halides is 3. The number of ether oxygens (including phenoxy) is 1. The zero-order valence-electron chi connectivity index (χ0n) is 14.7. The first-order chi connectivity index (χ1) is 13.2. The third-order valence-corrected chi connectivity index (χ3v) is 3.88. The first-order valence-corrected chi connectivity index (χ1v) is 8.22. The second-order valence-corrected chi connectivity index (χ2v) is 5.99. The molecule has 1 aromatic heterocycles. The summed E-state index contributed by atoms with van der Waals surface area (Å²) in [6, 6.07) is 15.5. The molecule has 28 heavy (non-hydrogen) atoms. The fraction of sp³-hybridized carbons (Fsp3) is 0.100. The van der Waals surface area contributed by atoms with Gasteiger partial charge in [-0.1, -0.05) is 35.9 Å². The summed E-state index contributed by atoms with van der Waals surface area (Å²) >= 11 is 0. The Morgan fingerprint density at radius 2 is 1.68 bits per heavy atom. The zero-order valence-corrected chi connectivity index (χ0v) is 14.7. The number of nitrogens with one attached hydrogen (secondary N) is 1. The van der Waals surface area contributed by atoms with Crippen LogP contribution in [0.4, 0.5) is 24.8 Å². The molecule has 0 atom stereocenters. The van der Waals surface area contributed by atoms with E-state index in [9.17, 15) is 18.0 Å². The molecule has 0 aliphatic carbocycles. The number of halogens is 3. The van der Waals surface area contributed by atoms with E-state index in [1.807, 2.05) is 6.92 Å². The smallest absolute Gasteiger partial charge is 0.405 e. The summed E-state index contributed by atoms with van der Waals surface area (Å²) < 4.78 is 41.9. The Kier molecular flexibility index (Phi) is 5.21. The molecule has 0 spiro atoms. The normalized spacial score (nSPS) is 11.1. The first kappa shape index (κ1) is 19.2. The van der Waals surface area contributed by atoms with Crippen LogP contribution in [0.2, 0.25) is 0 Å². The number of benzene rings is 2. The molecule has 144 valence electrons. The third-order valence-electron chi connectivity index (χ3n) is 3.88. The molecule has 0 aliphatic heterocycles. The highest BCUT2D eigenvalue weighted by Gasteiger charge is 2.32. The molecule has 3 rings (SSSR count). The lowest BCUT2D eigenvalue weighted by atomic mass is 10.1. The number of nitrogen functional groups attached to an aromatic ring is 1. The fourth-order valence-corrected chi connectivity index (χ4v) is 2.57. The maximum absolute atomic E-state index is 12.6. The third kappa shape index (κ3) is 4.59. The van der Waals surface area contributed by atoms with E-state index >= 15 is 0 Å². The Morgan fingerprint density at radius 1 is 1.00 bits per heavy atom. The summed E-state index contributed by atoms with van der Waals surface area (Å²) in [6.07, 6.45) is -4.83. The molecule has 0 aliphatic rings. The van der Waals surface area contributed by atoms with E-state index in [4.69, 9.17) is 5.73 Å². The number of amides is 1. The molecule has 1 heterocycles. The molecule has 0 bridgehead atoms. The topological polar surface area (TPSA) is 77.2 Å². The summed E-state index contributed by atoms with van der Waals surface area (Å²) in [5.41, 5.74) is 7.78. The summed E-state index contributed by atoms with van der Waals surface area (Å²) in [6.45, 7) is 1.91. The lowest BCUT2D eigenvalue weighted by Gasteiger charge is -2.14. The van der Waals surface area contributed by atoms with Crippen molar-refractivity contribution in [2.24, 2.45) is 0 Å². The van der Waals surface area contributed by atoms with Crippen LogP contribution in [-0.4, -0.2) is 17.3 Å². The van der Waals surface area contributed by atoms with Gasteiger partial charge in [0.1, 0.15) is 17.4 Å². The van der Waals surface area contributed by atoms with Crippen LogP contribution in [0.25, 0.3) is 11.1 Å². The van der Waals surface area contributed by atoms with Crippen LogP contribution in [0, 0.1) is 6.92 Å². The fourth-order valence-electron chi connectivity index (χ4n) is 2.57. The van der Waals surface area contributed by atoms with E-state index in [-0.39, 0.29) is 34.4 Å². The van der Waals surface area contributed by atoms with Crippen molar-refractivity contribution < 1.29 is 22.7 Å². The van der Waals surface area contributed by atoms with Crippen molar-refractivity contribution in [1.29, 1.82) is 0 Å². The molecule has 8 heteroatoms. The van der Waals surface area contributed by atoms with Crippen LogP contribution in [0.5, 0.6) is 5.75 Å². The number of nitrogens with zero attached hydrogens (tertiary/aromatic N) is 1. The van der Waals surface area contributed by atoms with Gasteiger partial charge in [-0.05, 0) is 37.3 Å². The van der Waals surface area contributed by atoms with Crippen LogP contribution in [0.3, 0.4) is 0 Å². The molecular formula is C20H16F3N3O2. The van der Waals surface area contributed by atoms with Gasteiger partial charge in [0, 0.05) is 16.7 Å². The first-order valence-electron chi connectivity index (χ1n) is 8.22. The van der Waals surface area contributed by atoms with E-state index in [0.717, 1.165) is 5.56 Å². The molecule has 0 unspecified atom stereocenters. The Morgan fingerprint density at radius 3 is 2.32 bits per heavy atom. The van der Waals surface area contributed by atoms with Gasteiger partial charge in [0.2, 0.25) is 0 Å². The molecule has 3 N–H and O–H groups in total. The van der Waals surface area contributed by atoms with Gasteiger partial charge in [-0.25, -0.2) is 4.98 Å². The highest BCUT2D eigenvalue weighted by Crippen LogP contribution is 2.36. The van der Waals surface area contributed by atoms with Crippen molar-refractivity contribution in [2.75, 3.05) is 11.1 Å². The van der Waals surface area contributed by atoms with Gasteiger partial charge in [0.05, 0.1) is 0 Å². The van der Waals surface area contributed by atoms with E-state index in [0.29, 0.717) is 5.56 Å². The van der Waals surface area contributed by atoms with Crippen LogP contribution in [-0.2, 0) is 0 Å². The number of nitrogens with two attached hydrogens (primary N) is 1. The number of aryl methyl sites for hydroxylation is 1. The number of carbonyl (C=O) groups excluding carboxylic acids is 1. The standard InChI is InChI=1S/C20H16F3N3O2/c1-12-6-8-13(9-7-12)19(27)26-17-11-10-15(18(24)25-17)14-4-2-3-5-16(14)28-20(21,22)23/h2-11H,1H3,(H3,24,25,26,27). The number of carbonyl (C=O) groups is 1. The Labute approximate surface area is 159 Å². The second-order valence-electron chi connectivity index (χ2n) is 5.99. The zero-order chi connectivity index (χ0) is 20.3. The van der Waals surface area contributed by atoms with Crippen molar-refractivity contribution in [2.45, 2.75) is 13.3 Å². The van der Waals surface area contributed by atoms with Crippen LogP contribution >= 0.6 is 0 Å². The van der Waals surface area contributed by atoms with Gasteiger partial charge >= 0.3 is 6.36 Å². The minimum atomic E-state index is -4.83. The van der Waals surface area contributed by atoms with E-state index < -0.39 is 6.36 Å². The van der Waals surface area contributed by atoms with Crippen LogP contribution in [0.1, 0.15) is 15.9 Å². The summed E-state index contributed by atoms with van der Waals surface area (Å²) in [7, 11) is 0. The number of para-hydroxylation sites is 1. The maximum atomic E-state index is 12.6. The van der Waals surface area contributed by atoms with Crippen molar-refractivity contribution in [3.63, 3.8) is 0 Å². The molecule has 1 amide bonds. The van der Waals surface area contributed by atoms with Crippen molar-refractivity contribution >= 4 is 17.5 Å². The molecule has 3 aromatic rings. The lowest BCUT2D eigenvalue weighted by molar-refractivity contribution is -0.274. The molecule has 0 saturated carbocycles. The van der Waals surface area contributed by atoms with Crippen molar-refractivity contribution in [3.05, 3.63) is 71.8 Å². The molecular weight excluding hydrogens is 371 g/mol. The van der Waals surface area contributed by atoms with Crippen molar-refractivity contribution in [3.8, 4) is 16.9 Å². The molecule has 5 nitrogen and oxygen atoms in total. The number of pyridine rings is 1. The largest absolute Gasteiger partial charge is 0.573 e. The summed E-state index contributed by atoms with van der Waals surface area (Å²) in [4.78, 5) is 16.3. The van der Waals surface area contributed by atoms with Crippen LogP contribution < -0.4 is 15.8 Å². The Bertz CT molecular complexity index is 1000. The highest BCUT2D eigenvalue weighted by atomic mass is 19.4. The minimum absolute atomic E-state index is 0.0417. The summed E-state index contributed by atoms with van der Waals surface area (Å²) in [5, 5.41) is 2.61. The van der Waals surface area contributed by atoms with E-state index in [1.54, 1.807) is 30.3 Å². The molecule has 0 radical (unpaired) electrons. The van der Waals surface area contributed by atoms with Gasteiger partial charge < -0.3 is 15.8 Å². The number of hydrogen-bond acceptors (Lipinski definition) is 4. The SMILES string of the molecule is Cc1ccc(C(=O)Nc2ccc(-c3ccccc3OC(F)(F)F)c(N)n2)cc1. The van der Waals surface area contributed by atoms with Gasteiger partial charge in [0.25, 0.3) is 5.91 Å². The molecule has 0 saturated heterocycles. The predicted octanol–water partition coefficient (Wildman–Crippen LogP) is 4.79. The molecule has 0 fully saturated rings. The van der Waals surface area contributed by atoms with Crippen molar-refractivity contribution in [1.82, 2.24) is 4.98 Å². The van der Waals surface area contributed by atoms with Gasteiger partial charge in [0.15, 0.2) is 0 Å².